The molecule has 0 aliphatic carbocycles. The van der Waals surface area contributed by atoms with Crippen LogP contribution < -0.4 is 31.2 Å². The summed E-state index contributed by atoms with van der Waals surface area (Å²) >= 11 is 0. The Hall–Kier alpha value is -1.20. The molecule has 6 nitrogen and oxygen atoms in total. The summed E-state index contributed by atoms with van der Waals surface area (Å²) in [6.07, 6.45) is -7.59. The fraction of sp³-hybridized carbons (Fsp3) is 0.500. The third kappa shape index (κ3) is 20.8. The van der Waals surface area contributed by atoms with Crippen molar-refractivity contribution in [3.05, 3.63) is 66.6 Å². The fourth-order valence-electron chi connectivity index (χ4n) is 2.68. The van der Waals surface area contributed by atoms with Crippen molar-refractivity contribution in [2.24, 2.45) is 4.40 Å². The molecule has 0 aliphatic heterocycles. The van der Waals surface area contributed by atoms with Gasteiger partial charge < -0.3 is 33.4 Å². The molecule has 0 spiro atoms. The van der Waals surface area contributed by atoms with E-state index >= 15 is 0 Å². The second kappa shape index (κ2) is 20.8. The zero-order valence-electron chi connectivity index (χ0n) is 25.9. The number of rotatable bonds is 8. The Labute approximate surface area is 288 Å². The van der Waals surface area contributed by atoms with E-state index in [1.54, 1.807) is 39.8 Å². The second-order valence-corrected chi connectivity index (χ2v) is 14.2. The van der Waals surface area contributed by atoms with Crippen molar-refractivity contribution in [2.45, 2.75) is 90.1 Å². The number of halogens is 7. The van der Waals surface area contributed by atoms with E-state index in [0.717, 1.165) is 0 Å². The van der Waals surface area contributed by atoms with E-state index in [1.807, 2.05) is 27.7 Å². The Bertz CT molecular complexity index is 1190. The van der Waals surface area contributed by atoms with Crippen LogP contribution in [-0.2, 0) is 22.0 Å². The normalized spacial score (nSPS) is 13.9. The zero-order valence-corrected chi connectivity index (χ0v) is 30.6. The van der Waals surface area contributed by atoms with Gasteiger partial charge in [0.05, 0.1) is 20.5 Å². The molecular formula is C28H39BrF6MgN2O4S2. The van der Waals surface area contributed by atoms with Crippen LogP contribution in [0.1, 0.15) is 79.0 Å². The third-order valence-corrected chi connectivity index (χ3v) is 7.58. The van der Waals surface area contributed by atoms with Gasteiger partial charge in [0.25, 0.3) is 0 Å². The van der Waals surface area contributed by atoms with Crippen molar-refractivity contribution in [3.63, 3.8) is 0 Å². The molecule has 0 saturated heterocycles. The summed E-state index contributed by atoms with van der Waals surface area (Å²) in [7, 11) is -2.76. The summed E-state index contributed by atoms with van der Waals surface area (Å²) in [6, 6.07) is 10.7. The number of benzene rings is 2. The van der Waals surface area contributed by atoms with Crippen LogP contribution in [0.3, 0.4) is 0 Å². The maximum atomic E-state index is 12.2. The maximum Gasteiger partial charge on any atom is 2.00 e. The van der Waals surface area contributed by atoms with Gasteiger partial charge in [-0.3, -0.25) is 0 Å². The van der Waals surface area contributed by atoms with E-state index < -0.39 is 44.2 Å². The molecule has 0 saturated carbocycles. The summed E-state index contributed by atoms with van der Waals surface area (Å²) in [5.41, 5.74) is 0.996. The standard InChI is InChI=1S/C14H20F3NO2S.C12H14F3NO2S.C2H5.BrH.Mg/c1-5-12(18-21(19)13(2,3)4)10-7-6-8-11(9-10)20-14(15,16)17;1-11(2,3)19(17)16-8-9-5-4-6-10(7-9)18-12(13,14)15;1-2;;/h6-9,12,18H,5H2,1-4H3;4-8H,1-3H3;1H2,2H3;1H;/q;;-1;;+2/p-1/t12-,21+;19-;;;/m01.../s1. The minimum absolute atomic E-state index is 0. The van der Waals surface area contributed by atoms with Gasteiger partial charge in [-0.05, 0) is 83.4 Å². The Morgan fingerprint density at radius 1 is 0.841 bits per heavy atom. The van der Waals surface area contributed by atoms with Crippen molar-refractivity contribution < 1.29 is 61.2 Å². The largest absolute Gasteiger partial charge is 2.00 e. The van der Waals surface area contributed by atoms with Gasteiger partial charge >= 0.3 is 35.8 Å². The maximum absolute atomic E-state index is 12.2. The molecular weight excluding hydrogens is 711 g/mol. The molecule has 0 aliphatic rings. The van der Waals surface area contributed by atoms with Gasteiger partial charge in [0.2, 0.25) is 0 Å². The van der Waals surface area contributed by atoms with Gasteiger partial charge in [-0.1, -0.05) is 31.2 Å². The van der Waals surface area contributed by atoms with E-state index in [-0.39, 0.29) is 57.6 Å². The predicted octanol–water partition coefficient (Wildman–Crippen LogP) is 5.02. The molecule has 0 radical (unpaired) electrons. The van der Waals surface area contributed by atoms with Crippen molar-refractivity contribution in [2.75, 3.05) is 0 Å². The first kappa shape index (κ1) is 47.2. The molecule has 0 fully saturated rings. The van der Waals surface area contributed by atoms with Crippen molar-refractivity contribution in [3.8, 4) is 11.5 Å². The zero-order chi connectivity index (χ0) is 32.9. The first-order valence-corrected chi connectivity index (χ1v) is 14.9. The monoisotopic (exact) mass is 748 g/mol. The molecule has 16 heteroatoms. The fourth-order valence-corrected chi connectivity index (χ4v) is 4.13. The van der Waals surface area contributed by atoms with Gasteiger partial charge in [-0.2, -0.15) is 11.3 Å². The van der Waals surface area contributed by atoms with E-state index in [0.29, 0.717) is 17.5 Å². The van der Waals surface area contributed by atoms with Gasteiger partial charge in [-0.15, -0.1) is 26.3 Å². The smallest absolute Gasteiger partial charge is 1.00 e. The number of nitrogens with one attached hydrogen (secondary N) is 1. The van der Waals surface area contributed by atoms with Crippen LogP contribution >= 0.6 is 0 Å². The van der Waals surface area contributed by atoms with Crippen LogP contribution in [0, 0.1) is 6.92 Å². The topological polar surface area (TPSA) is 77.0 Å². The van der Waals surface area contributed by atoms with Crippen LogP contribution in [0.5, 0.6) is 11.5 Å². The molecule has 2 aromatic carbocycles. The Kier molecular flexibility index (Phi) is 22.3. The van der Waals surface area contributed by atoms with Crippen molar-refractivity contribution in [1.82, 2.24) is 4.72 Å². The van der Waals surface area contributed by atoms with E-state index in [4.69, 9.17) is 0 Å². The molecule has 0 bridgehead atoms. The van der Waals surface area contributed by atoms with Crippen molar-refractivity contribution in [1.29, 1.82) is 0 Å². The van der Waals surface area contributed by atoms with E-state index in [2.05, 4.69) is 25.5 Å². The summed E-state index contributed by atoms with van der Waals surface area (Å²) in [6.45, 7) is 17.6. The number of hydrogen-bond acceptors (Lipinski definition) is 4. The third-order valence-electron chi connectivity index (χ3n) is 4.62. The van der Waals surface area contributed by atoms with Crippen LogP contribution in [-0.4, -0.2) is 59.9 Å². The minimum atomic E-state index is -4.73. The molecule has 44 heavy (non-hydrogen) atoms. The first-order chi connectivity index (χ1) is 19.1. The van der Waals surface area contributed by atoms with Crippen LogP contribution in [0.2, 0.25) is 0 Å². The van der Waals surface area contributed by atoms with Gasteiger partial charge in [0.1, 0.15) is 22.5 Å². The second-order valence-electron chi connectivity index (χ2n) is 10.3. The molecule has 1 N–H and O–H groups in total. The van der Waals surface area contributed by atoms with Gasteiger partial charge in [-0.25, -0.2) is 13.1 Å². The van der Waals surface area contributed by atoms with Crippen LogP contribution in [0.15, 0.2) is 52.9 Å². The van der Waals surface area contributed by atoms with Crippen molar-refractivity contribution >= 4 is 51.2 Å². The van der Waals surface area contributed by atoms with Crippen LogP contribution in [0.4, 0.5) is 26.3 Å². The summed E-state index contributed by atoms with van der Waals surface area (Å²) < 4.78 is 110. The molecule has 0 heterocycles. The number of hydrogen-bond donors (Lipinski definition) is 1. The molecule has 2 rings (SSSR count). The number of ether oxygens (including phenoxy) is 2. The van der Waals surface area contributed by atoms with Gasteiger partial charge in [0, 0.05) is 12.3 Å². The molecule has 2 aromatic rings. The SMILES string of the molecule is CC(C)(C)[S@@](=O)N=Cc1cccc(OC(F)(F)F)c1.CC[C@H](N[S@](=O)C(C)(C)C)c1cccc(OC(F)(F)F)c1.[Br-].[CH2-]C.[Mg+2]. The molecule has 0 amide bonds. The molecule has 0 unspecified atom stereocenters. The van der Waals surface area contributed by atoms with Crippen LogP contribution in [0.25, 0.3) is 0 Å². The Morgan fingerprint density at radius 2 is 1.30 bits per heavy atom. The Morgan fingerprint density at radius 3 is 1.70 bits per heavy atom. The summed E-state index contributed by atoms with van der Waals surface area (Å²) in [5.74, 6) is -0.611. The number of nitrogens with zero attached hydrogens (tertiary/aromatic N) is 1. The Balaban J connectivity index is -0.000000696. The molecule has 3 atom stereocenters. The summed E-state index contributed by atoms with van der Waals surface area (Å²) in [4.78, 5) is 0. The van der Waals surface area contributed by atoms with Gasteiger partial charge in [0.15, 0.2) is 0 Å². The predicted molar refractivity (Wildman–Crippen MR) is 163 cm³/mol. The van der Waals surface area contributed by atoms with E-state index in [9.17, 15) is 34.8 Å². The quantitative estimate of drug-likeness (QED) is 0.178. The average molecular weight is 750 g/mol. The molecule has 0 aromatic heterocycles. The summed E-state index contributed by atoms with van der Waals surface area (Å²) in [5, 5.41) is 0. The van der Waals surface area contributed by atoms with E-state index in [1.165, 1.54) is 42.6 Å². The minimum Gasteiger partial charge on any atom is -1.00 e. The first-order valence-electron chi connectivity index (χ1n) is 12.7. The molecule has 248 valence electrons. The average Bonchev–Trinajstić information content (AvgIpc) is 2.84. The number of alkyl halides is 6.